The highest BCUT2D eigenvalue weighted by Crippen LogP contribution is 2.37. The normalized spacial score (nSPS) is 12.8. The molecular weight excluding hydrogens is 271 g/mol. The maximum absolute atomic E-state index is 13.0. The molecule has 1 rings (SSSR count). The van der Waals surface area contributed by atoms with Gasteiger partial charge >= 0.3 is 6.18 Å². The number of halogens is 3. The Bertz CT molecular complexity index is 451. The van der Waals surface area contributed by atoms with E-state index in [9.17, 15) is 18.3 Å². The number of nitrogens with zero attached hydrogens (tertiary/aromatic N) is 1. The van der Waals surface area contributed by atoms with Gasteiger partial charge in [-0.1, -0.05) is 13.8 Å². The predicted octanol–water partition coefficient (Wildman–Crippen LogP) is 3.75. The van der Waals surface area contributed by atoms with Gasteiger partial charge in [0.05, 0.1) is 24.1 Å². The Morgan fingerprint density at radius 1 is 1.30 bits per heavy atom. The number of rotatable bonds is 5. The number of hydrogen-bond acceptors (Lipinski definition) is 3. The lowest BCUT2D eigenvalue weighted by molar-refractivity contribution is -0.140. The smallest absolute Gasteiger partial charge is 0.418 e. The van der Waals surface area contributed by atoms with Crippen LogP contribution in [0.5, 0.6) is 5.75 Å². The summed E-state index contributed by atoms with van der Waals surface area (Å²) in [6.07, 6.45) is -2.63. The molecule has 1 N–H and O–H groups in total. The van der Waals surface area contributed by atoms with Crippen LogP contribution in [0.3, 0.4) is 0 Å². The zero-order chi connectivity index (χ0) is 15.6. The third-order valence-corrected chi connectivity index (χ3v) is 2.71. The summed E-state index contributed by atoms with van der Waals surface area (Å²) in [6, 6.07) is 0.890. The molecule has 0 unspecified atom stereocenters. The van der Waals surface area contributed by atoms with E-state index in [1.165, 1.54) is 20.0 Å². The van der Waals surface area contributed by atoms with Crippen LogP contribution in [0.1, 0.15) is 45.4 Å². The van der Waals surface area contributed by atoms with E-state index in [0.29, 0.717) is 12.5 Å². The van der Waals surface area contributed by atoms with Crippen LogP contribution in [0.4, 0.5) is 13.2 Å². The molecule has 0 spiro atoms. The van der Waals surface area contributed by atoms with Crippen LogP contribution < -0.4 is 4.74 Å². The lowest BCUT2D eigenvalue weighted by Crippen LogP contribution is -2.24. The van der Waals surface area contributed by atoms with Gasteiger partial charge in [-0.2, -0.15) is 13.2 Å². The van der Waals surface area contributed by atoms with Crippen LogP contribution in [0.2, 0.25) is 0 Å². The molecule has 3 nitrogen and oxygen atoms in total. The molecule has 114 valence electrons. The number of aliphatic hydroxyl groups is 1. The van der Waals surface area contributed by atoms with Crippen molar-refractivity contribution in [2.45, 2.75) is 45.9 Å². The third-order valence-electron chi connectivity index (χ3n) is 2.71. The molecule has 0 aliphatic rings. The van der Waals surface area contributed by atoms with Gasteiger partial charge in [0, 0.05) is 0 Å². The van der Waals surface area contributed by atoms with Crippen LogP contribution in [0.25, 0.3) is 0 Å². The van der Waals surface area contributed by atoms with Crippen molar-refractivity contribution in [3.8, 4) is 5.75 Å². The van der Waals surface area contributed by atoms with Gasteiger partial charge in [0.2, 0.25) is 0 Å². The van der Waals surface area contributed by atoms with Crippen LogP contribution in [-0.4, -0.2) is 16.7 Å². The van der Waals surface area contributed by atoms with E-state index < -0.39 is 23.0 Å². The van der Waals surface area contributed by atoms with Crippen molar-refractivity contribution in [1.82, 2.24) is 4.98 Å². The van der Waals surface area contributed by atoms with Crippen LogP contribution in [-0.2, 0) is 11.8 Å². The van der Waals surface area contributed by atoms with Gasteiger partial charge in [-0.15, -0.1) is 0 Å². The Morgan fingerprint density at radius 3 is 2.35 bits per heavy atom. The summed E-state index contributed by atoms with van der Waals surface area (Å²) in [6.45, 7) is 6.87. The van der Waals surface area contributed by atoms with Crippen molar-refractivity contribution in [3.63, 3.8) is 0 Å². The number of hydrogen-bond donors (Lipinski definition) is 1. The Hall–Kier alpha value is -1.30. The molecular formula is C14H20F3NO2. The molecule has 0 aliphatic carbocycles. The van der Waals surface area contributed by atoms with Crippen molar-refractivity contribution >= 4 is 0 Å². The molecule has 0 bridgehead atoms. The van der Waals surface area contributed by atoms with Crippen molar-refractivity contribution in [1.29, 1.82) is 0 Å². The van der Waals surface area contributed by atoms with Crippen molar-refractivity contribution < 1.29 is 23.0 Å². The van der Waals surface area contributed by atoms with E-state index in [4.69, 9.17) is 4.74 Å². The van der Waals surface area contributed by atoms with E-state index in [0.717, 1.165) is 12.5 Å². The van der Waals surface area contributed by atoms with Gasteiger partial charge in [-0.05, 0) is 32.3 Å². The molecule has 0 aromatic carbocycles. The highest BCUT2D eigenvalue weighted by Gasteiger charge is 2.38. The Kier molecular flexibility index (Phi) is 5.02. The molecule has 0 saturated heterocycles. The second-order valence-corrected chi connectivity index (χ2v) is 5.65. The minimum absolute atomic E-state index is 0.0611. The fourth-order valence-corrected chi connectivity index (χ4v) is 1.64. The largest absolute Gasteiger partial charge is 0.492 e. The fraction of sp³-hybridized carbons (Fsp3) is 0.643. The zero-order valence-corrected chi connectivity index (χ0v) is 12.1. The van der Waals surface area contributed by atoms with Gasteiger partial charge in [0.1, 0.15) is 11.4 Å². The number of alkyl halides is 3. The van der Waals surface area contributed by atoms with Gasteiger partial charge < -0.3 is 9.84 Å². The molecule has 0 fully saturated rings. The van der Waals surface area contributed by atoms with Crippen LogP contribution >= 0.6 is 0 Å². The maximum atomic E-state index is 13.0. The van der Waals surface area contributed by atoms with Crippen molar-refractivity contribution in [3.05, 3.63) is 23.5 Å². The van der Waals surface area contributed by atoms with Gasteiger partial charge in [-0.25, -0.2) is 0 Å². The Balaban J connectivity index is 3.03. The van der Waals surface area contributed by atoms with E-state index in [1.807, 2.05) is 13.8 Å². The summed E-state index contributed by atoms with van der Waals surface area (Å²) >= 11 is 0. The van der Waals surface area contributed by atoms with Gasteiger partial charge in [0.15, 0.2) is 0 Å². The summed E-state index contributed by atoms with van der Waals surface area (Å²) in [5.74, 6) is 0.465. The van der Waals surface area contributed by atoms with Gasteiger partial charge in [-0.3, -0.25) is 4.98 Å². The lowest BCUT2D eigenvalue weighted by atomic mass is 9.99. The van der Waals surface area contributed by atoms with E-state index in [2.05, 4.69) is 4.98 Å². The molecule has 1 aromatic rings. The first kappa shape index (κ1) is 16.8. The first-order valence-electron chi connectivity index (χ1n) is 6.44. The average molecular weight is 291 g/mol. The number of pyridine rings is 1. The predicted molar refractivity (Wildman–Crippen MR) is 69.4 cm³/mol. The summed E-state index contributed by atoms with van der Waals surface area (Å²) in [5, 5.41) is 9.77. The Labute approximate surface area is 116 Å². The minimum Gasteiger partial charge on any atom is -0.492 e. The molecule has 0 amide bonds. The molecule has 0 saturated carbocycles. The standard InChI is InChI=1S/C14H20F3NO2/c1-9(2)5-6-20-10-7-11(14(15,16)17)12(18-8-10)13(3,4)19/h7-9,19H,5-6H2,1-4H3. The molecule has 6 heteroatoms. The monoisotopic (exact) mass is 291 g/mol. The molecule has 1 heterocycles. The second-order valence-electron chi connectivity index (χ2n) is 5.65. The van der Waals surface area contributed by atoms with Crippen molar-refractivity contribution in [2.75, 3.05) is 6.61 Å². The Morgan fingerprint density at radius 2 is 1.90 bits per heavy atom. The highest BCUT2D eigenvalue weighted by molar-refractivity contribution is 5.34. The summed E-state index contributed by atoms with van der Waals surface area (Å²) in [5.41, 5.74) is -3.03. The summed E-state index contributed by atoms with van der Waals surface area (Å²) in [7, 11) is 0. The molecule has 0 radical (unpaired) electrons. The topological polar surface area (TPSA) is 42.4 Å². The molecule has 0 atom stereocenters. The fourth-order valence-electron chi connectivity index (χ4n) is 1.64. The number of ether oxygens (including phenoxy) is 1. The quantitative estimate of drug-likeness (QED) is 0.898. The summed E-state index contributed by atoms with van der Waals surface area (Å²) < 4.78 is 44.3. The summed E-state index contributed by atoms with van der Waals surface area (Å²) in [4.78, 5) is 3.72. The molecule has 0 aliphatic heterocycles. The number of aromatic nitrogens is 1. The van der Waals surface area contributed by atoms with Crippen LogP contribution in [0.15, 0.2) is 12.3 Å². The SMILES string of the molecule is CC(C)CCOc1cnc(C(C)(C)O)c(C(F)(F)F)c1. The maximum Gasteiger partial charge on any atom is 0.418 e. The van der Waals surface area contributed by atoms with Crippen LogP contribution in [0, 0.1) is 5.92 Å². The van der Waals surface area contributed by atoms with Crippen molar-refractivity contribution in [2.24, 2.45) is 5.92 Å². The first-order valence-corrected chi connectivity index (χ1v) is 6.44. The van der Waals surface area contributed by atoms with E-state index in [-0.39, 0.29) is 5.75 Å². The second kappa shape index (κ2) is 5.99. The average Bonchev–Trinajstić information content (AvgIpc) is 2.25. The lowest BCUT2D eigenvalue weighted by Gasteiger charge is -2.22. The first-order chi connectivity index (χ1) is 9.01. The van der Waals surface area contributed by atoms with E-state index >= 15 is 0 Å². The zero-order valence-electron chi connectivity index (χ0n) is 12.1. The highest BCUT2D eigenvalue weighted by atomic mass is 19.4. The third kappa shape index (κ3) is 4.67. The minimum atomic E-state index is -4.58. The van der Waals surface area contributed by atoms with E-state index in [1.54, 1.807) is 0 Å². The van der Waals surface area contributed by atoms with Gasteiger partial charge in [0.25, 0.3) is 0 Å². The molecule has 1 aromatic heterocycles. The molecule has 20 heavy (non-hydrogen) atoms.